The molecule has 17 heavy (non-hydrogen) atoms. The first-order chi connectivity index (χ1) is 8.36. The van der Waals surface area contributed by atoms with E-state index in [9.17, 15) is 0 Å². The van der Waals surface area contributed by atoms with Gasteiger partial charge in [0.2, 0.25) is 0 Å². The molecule has 1 unspecified atom stereocenters. The Balaban J connectivity index is 1.97. The Labute approximate surface area is 102 Å². The van der Waals surface area contributed by atoms with Crippen molar-refractivity contribution >= 4 is 10.9 Å². The summed E-state index contributed by atoms with van der Waals surface area (Å²) in [6.45, 7) is 3.42. The number of nitrogens with zero attached hydrogens (tertiary/aromatic N) is 2. The number of allylic oxidation sites excluding steroid dienone is 1. The molecule has 0 amide bonds. The van der Waals surface area contributed by atoms with Crippen LogP contribution in [0.4, 0.5) is 0 Å². The van der Waals surface area contributed by atoms with Crippen LogP contribution in [0.25, 0.3) is 10.9 Å². The van der Waals surface area contributed by atoms with Crippen molar-refractivity contribution in [1.82, 2.24) is 9.47 Å². The molecule has 88 valence electrons. The summed E-state index contributed by atoms with van der Waals surface area (Å²) >= 11 is 0. The lowest BCUT2D eigenvalue weighted by atomic mass is 10.2. The predicted molar refractivity (Wildman–Crippen MR) is 71.7 cm³/mol. The van der Waals surface area contributed by atoms with Crippen molar-refractivity contribution < 1.29 is 0 Å². The number of benzene rings is 1. The second-order valence-corrected chi connectivity index (χ2v) is 4.68. The minimum Gasteiger partial charge on any atom is -0.358 e. The van der Waals surface area contributed by atoms with Gasteiger partial charge >= 0.3 is 0 Å². The topological polar surface area (TPSA) is 8.17 Å². The van der Waals surface area contributed by atoms with E-state index in [1.165, 1.54) is 23.7 Å². The molecule has 0 radical (unpaired) electrons. The average molecular weight is 226 g/mol. The van der Waals surface area contributed by atoms with Crippen LogP contribution in [0.3, 0.4) is 0 Å². The van der Waals surface area contributed by atoms with Crippen LogP contribution in [0.2, 0.25) is 0 Å². The minimum atomic E-state index is 0.395. The third-order valence-corrected chi connectivity index (χ3v) is 3.60. The summed E-state index contributed by atoms with van der Waals surface area (Å²) in [4.78, 5) is 2.41. The van der Waals surface area contributed by atoms with E-state index in [1.807, 2.05) is 0 Å². The highest BCUT2D eigenvalue weighted by Crippen LogP contribution is 2.24. The van der Waals surface area contributed by atoms with Crippen LogP contribution in [0.5, 0.6) is 0 Å². The Hall–Kier alpha value is -1.70. The van der Waals surface area contributed by atoms with E-state index in [0.717, 1.165) is 6.54 Å². The first kappa shape index (κ1) is 10.5. The van der Waals surface area contributed by atoms with E-state index in [4.69, 9.17) is 0 Å². The molecule has 0 spiro atoms. The second-order valence-electron chi connectivity index (χ2n) is 4.68. The molecule has 0 N–H and O–H groups in total. The molecule has 3 rings (SSSR count). The van der Waals surface area contributed by atoms with Crippen molar-refractivity contribution in [2.75, 3.05) is 6.54 Å². The maximum absolute atomic E-state index is 2.41. The van der Waals surface area contributed by atoms with Crippen molar-refractivity contribution in [3.05, 3.63) is 48.8 Å². The highest BCUT2D eigenvalue weighted by atomic mass is 15.3. The largest absolute Gasteiger partial charge is 0.358 e. The molecule has 0 fully saturated rings. The van der Waals surface area contributed by atoms with Crippen LogP contribution in [-0.2, 0) is 0 Å². The number of fused-ring (bicyclic) bond motifs is 1. The Kier molecular flexibility index (Phi) is 2.63. The van der Waals surface area contributed by atoms with Crippen LogP contribution >= 0.6 is 0 Å². The van der Waals surface area contributed by atoms with Crippen molar-refractivity contribution in [2.24, 2.45) is 0 Å². The van der Waals surface area contributed by atoms with Gasteiger partial charge < -0.3 is 9.47 Å². The maximum atomic E-state index is 2.41. The van der Waals surface area contributed by atoms with E-state index >= 15 is 0 Å². The van der Waals surface area contributed by atoms with Crippen molar-refractivity contribution in [3.8, 4) is 0 Å². The number of hydrogen-bond donors (Lipinski definition) is 0. The third kappa shape index (κ3) is 1.84. The first-order valence-corrected chi connectivity index (χ1v) is 6.34. The second kappa shape index (κ2) is 4.28. The number of hydrogen-bond acceptors (Lipinski definition) is 1. The normalized spacial score (nSPS) is 17.6. The van der Waals surface area contributed by atoms with Crippen LogP contribution in [0.15, 0.2) is 48.8 Å². The van der Waals surface area contributed by atoms with Gasteiger partial charge in [-0.05, 0) is 43.5 Å². The Morgan fingerprint density at radius 3 is 2.88 bits per heavy atom. The summed E-state index contributed by atoms with van der Waals surface area (Å²) in [6, 6.07) is 10.8. The molecule has 2 heteroatoms. The van der Waals surface area contributed by atoms with Gasteiger partial charge in [0.25, 0.3) is 0 Å². The lowest BCUT2D eigenvalue weighted by Gasteiger charge is -2.31. The molecule has 1 atom stereocenters. The Bertz CT molecular complexity index is 539. The fourth-order valence-electron chi connectivity index (χ4n) is 2.58. The van der Waals surface area contributed by atoms with Crippen molar-refractivity contribution in [3.63, 3.8) is 0 Å². The van der Waals surface area contributed by atoms with Crippen molar-refractivity contribution in [2.45, 2.75) is 25.9 Å². The molecule has 1 aliphatic rings. The zero-order valence-electron chi connectivity index (χ0n) is 10.2. The lowest BCUT2D eigenvalue weighted by molar-refractivity contribution is 0.219. The molecule has 0 saturated heterocycles. The zero-order valence-corrected chi connectivity index (χ0v) is 10.2. The van der Waals surface area contributed by atoms with Crippen LogP contribution in [0.1, 0.15) is 25.9 Å². The molecular weight excluding hydrogens is 208 g/mol. The molecule has 1 aromatic carbocycles. The predicted octanol–water partition coefficient (Wildman–Crippen LogP) is 3.77. The van der Waals surface area contributed by atoms with E-state index in [2.05, 4.69) is 65.2 Å². The monoisotopic (exact) mass is 226 g/mol. The Morgan fingerprint density at radius 1 is 1.18 bits per heavy atom. The van der Waals surface area contributed by atoms with Gasteiger partial charge in [-0.15, -0.1) is 0 Å². The zero-order chi connectivity index (χ0) is 11.7. The number of rotatable bonds is 2. The molecule has 1 aliphatic heterocycles. The maximum Gasteiger partial charge on any atom is 0.102 e. The van der Waals surface area contributed by atoms with Gasteiger partial charge in [-0.1, -0.05) is 24.3 Å². The third-order valence-electron chi connectivity index (χ3n) is 3.60. The van der Waals surface area contributed by atoms with Gasteiger partial charge in [-0.2, -0.15) is 0 Å². The Morgan fingerprint density at radius 2 is 2.06 bits per heavy atom. The SMILES string of the molecule is CC(N1C=CCCC1)n1ccc2ccccc21. The summed E-state index contributed by atoms with van der Waals surface area (Å²) in [6.07, 6.45) is 9.58. The van der Waals surface area contributed by atoms with E-state index in [1.54, 1.807) is 0 Å². The van der Waals surface area contributed by atoms with Gasteiger partial charge in [-0.25, -0.2) is 0 Å². The first-order valence-electron chi connectivity index (χ1n) is 6.34. The molecule has 2 nitrogen and oxygen atoms in total. The van der Waals surface area contributed by atoms with Crippen LogP contribution in [0, 0.1) is 0 Å². The number of aromatic nitrogens is 1. The molecule has 0 aliphatic carbocycles. The van der Waals surface area contributed by atoms with Gasteiger partial charge in [0, 0.05) is 18.3 Å². The van der Waals surface area contributed by atoms with E-state index in [-0.39, 0.29) is 0 Å². The summed E-state index contributed by atoms with van der Waals surface area (Å²) in [5.41, 5.74) is 1.32. The average Bonchev–Trinajstić information content (AvgIpc) is 2.83. The van der Waals surface area contributed by atoms with Crippen molar-refractivity contribution in [1.29, 1.82) is 0 Å². The van der Waals surface area contributed by atoms with Gasteiger partial charge in [0.1, 0.15) is 6.17 Å². The van der Waals surface area contributed by atoms with Gasteiger partial charge in [0.15, 0.2) is 0 Å². The van der Waals surface area contributed by atoms with Gasteiger partial charge in [0.05, 0.1) is 0 Å². The number of para-hydroxylation sites is 1. The standard InChI is InChI=1S/C15H18N2/c1-13(16-10-5-2-6-11-16)17-12-9-14-7-3-4-8-15(14)17/h3-5,7-10,12-13H,2,6,11H2,1H3. The summed E-state index contributed by atoms with van der Waals surface area (Å²) < 4.78 is 2.35. The molecule has 0 bridgehead atoms. The fraction of sp³-hybridized carbons (Fsp3) is 0.333. The molecule has 0 saturated carbocycles. The summed E-state index contributed by atoms with van der Waals surface area (Å²) in [7, 11) is 0. The lowest BCUT2D eigenvalue weighted by Crippen LogP contribution is -2.28. The summed E-state index contributed by atoms with van der Waals surface area (Å²) in [5.74, 6) is 0. The molecule has 2 aromatic rings. The molecular formula is C15H18N2. The highest BCUT2D eigenvalue weighted by Gasteiger charge is 2.14. The van der Waals surface area contributed by atoms with Crippen LogP contribution < -0.4 is 0 Å². The molecule has 1 aromatic heterocycles. The highest BCUT2D eigenvalue weighted by molar-refractivity contribution is 5.80. The van der Waals surface area contributed by atoms with E-state index < -0.39 is 0 Å². The van der Waals surface area contributed by atoms with E-state index in [0.29, 0.717) is 6.17 Å². The minimum absolute atomic E-state index is 0.395. The van der Waals surface area contributed by atoms with Crippen LogP contribution in [-0.4, -0.2) is 16.0 Å². The summed E-state index contributed by atoms with van der Waals surface area (Å²) in [5, 5.41) is 1.32. The quantitative estimate of drug-likeness (QED) is 0.756. The molecule has 2 heterocycles. The fourth-order valence-corrected chi connectivity index (χ4v) is 2.58. The smallest absolute Gasteiger partial charge is 0.102 e. The van der Waals surface area contributed by atoms with Gasteiger partial charge in [-0.3, -0.25) is 0 Å².